The highest BCUT2D eigenvalue weighted by Crippen LogP contribution is 2.25. The zero-order valence-corrected chi connectivity index (χ0v) is 12.9. The van der Waals surface area contributed by atoms with Gasteiger partial charge in [0.2, 0.25) is 0 Å². The van der Waals surface area contributed by atoms with Crippen molar-refractivity contribution < 1.29 is 9.53 Å². The summed E-state index contributed by atoms with van der Waals surface area (Å²) in [6.07, 6.45) is 1.03. The maximum absolute atomic E-state index is 12.0. The van der Waals surface area contributed by atoms with Gasteiger partial charge < -0.3 is 10.1 Å². The van der Waals surface area contributed by atoms with E-state index in [1.807, 2.05) is 0 Å². The van der Waals surface area contributed by atoms with Crippen LogP contribution in [0.4, 0.5) is 0 Å². The summed E-state index contributed by atoms with van der Waals surface area (Å²) in [4.78, 5) is 12.0. The molecule has 0 atom stereocenters. The lowest BCUT2D eigenvalue weighted by atomic mass is 9.90. The lowest BCUT2D eigenvalue weighted by molar-refractivity contribution is 0.0935. The molecular formula is C14H20BrNO2. The molecule has 100 valence electrons. The first-order valence-corrected chi connectivity index (χ1v) is 6.80. The van der Waals surface area contributed by atoms with Gasteiger partial charge in [-0.15, -0.1) is 0 Å². The molecule has 0 heterocycles. The second kappa shape index (κ2) is 6.23. The number of halogens is 1. The summed E-state index contributed by atoms with van der Waals surface area (Å²) < 4.78 is 5.92. The first-order chi connectivity index (χ1) is 8.39. The Hall–Kier alpha value is -1.03. The topological polar surface area (TPSA) is 38.3 Å². The fraction of sp³-hybridized carbons (Fsp3) is 0.500. The zero-order chi connectivity index (χ0) is 13.8. The molecule has 1 rings (SSSR count). The lowest BCUT2D eigenvalue weighted by Gasteiger charge is -2.22. The highest BCUT2D eigenvalue weighted by atomic mass is 79.9. The minimum atomic E-state index is -0.0557. The van der Waals surface area contributed by atoms with Crippen LogP contribution in [0.5, 0.6) is 5.75 Å². The minimum Gasteiger partial charge on any atom is -0.496 e. The normalized spacial score (nSPS) is 11.2. The van der Waals surface area contributed by atoms with Gasteiger partial charge in [0.1, 0.15) is 5.75 Å². The molecule has 0 aliphatic heterocycles. The van der Waals surface area contributed by atoms with E-state index in [4.69, 9.17) is 4.74 Å². The molecule has 3 nitrogen and oxygen atoms in total. The van der Waals surface area contributed by atoms with E-state index in [2.05, 4.69) is 42.0 Å². The van der Waals surface area contributed by atoms with Crippen molar-refractivity contribution in [1.29, 1.82) is 0 Å². The number of carbonyl (C=O) groups excluding carboxylic acids is 1. The largest absolute Gasteiger partial charge is 0.496 e. The van der Waals surface area contributed by atoms with E-state index in [-0.39, 0.29) is 11.3 Å². The van der Waals surface area contributed by atoms with Crippen molar-refractivity contribution in [3.05, 3.63) is 28.2 Å². The smallest absolute Gasteiger partial charge is 0.251 e. The predicted octanol–water partition coefficient (Wildman–Crippen LogP) is 3.62. The third-order valence-corrected chi connectivity index (χ3v) is 3.72. The van der Waals surface area contributed by atoms with E-state index in [1.165, 1.54) is 0 Å². The molecule has 1 aromatic rings. The fourth-order valence-electron chi connectivity index (χ4n) is 1.35. The van der Waals surface area contributed by atoms with E-state index in [9.17, 15) is 4.79 Å². The maximum atomic E-state index is 12.0. The van der Waals surface area contributed by atoms with Crippen LogP contribution in [-0.4, -0.2) is 19.6 Å². The Morgan fingerprint density at radius 2 is 2.11 bits per heavy atom. The van der Waals surface area contributed by atoms with Crippen LogP contribution in [0, 0.1) is 5.41 Å². The Kier molecular flexibility index (Phi) is 5.20. The van der Waals surface area contributed by atoms with Gasteiger partial charge in [0.25, 0.3) is 5.91 Å². The van der Waals surface area contributed by atoms with E-state index < -0.39 is 0 Å². The predicted molar refractivity (Wildman–Crippen MR) is 77.1 cm³/mol. The van der Waals surface area contributed by atoms with E-state index >= 15 is 0 Å². The molecule has 0 aliphatic carbocycles. The third-order valence-electron chi connectivity index (χ3n) is 3.10. The number of ether oxygens (including phenoxy) is 1. The summed E-state index contributed by atoms with van der Waals surface area (Å²) in [5.41, 5.74) is 0.758. The minimum absolute atomic E-state index is 0.0557. The Morgan fingerprint density at radius 1 is 1.44 bits per heavy atom. The summed E-state index contributed by atoms with van der Waals surface area (Å²) in [5, 5.41) is 2.95. The first-order valence-electron chi connectivity index (χ1n) is 6.01. The van der Waals surface area contributed by atoms with Crippen LogP contribution in [0.25, 0.3) is 0 Å². The Balaban J connectivity index is 2.71. The summed E-state index contributed by atoms with van der Waals surface area (Å²) in [6, 6.07) is 5.31. The molecule has 0 unspecified atom stereocenters. The Bertz CT molecular complexity index is 430. The molecule has 0 fully saturated rings. The van der Waals surface area contributed by atoms with Gasteiger partial charge in [-0.05, 0) is 46.0 Å². The second-order valence-corrected chi connectivity index (χ2v) is 5.90. The number of methoxy groups -OCH3 is 1. The summed E-state index contributed by atoms with van der Waals surface area (Å²) in [5.74, 6) is 0.667. The number of rotatable bonds is 5. The van der Waals surface area contributed by atoms with Gasteiger partial charge in [0, 0.05) is 12.1 Å². The molecule has 0 saturated heterocycles. The van der Waals surface area contributed by atoms with E-state index in [0.717, 1.165) is 16.6 Å². The van der Waals surface area contributed by atoms with Crippen LogP contribution in [0.1, 0.15) is 37.6 Å². The quantitative estimate of drug-likeness (QED) is 0.901. The molecule has 4 heteroatoms. The number of benzene rings is 1. The number of carbonyl (C=O) groups is 1. The SMILES string of the molecule is CCC(C)(C)CNC(=O)c1ccc(OC)c(Br)c1. The monoisotopic (exact) mass is 313 g/mol. The van der Waals surface area contributed by atoms with Crippen LogP contribution < -0.4 is 10.1 Å². The number of hydrogen-bond acceptors (Lipinski definition) is 2. The molecule has 1 amide bonds. The average Bonchev–Trinajstić information content (AvgIpc) is 2.36. The van der Waals surface area contributed by atoms with Crippen LogP contribution in [-0.2, 0) is 0 Å². The van der Waals surface area contributed by atoms with Crippen molar-refractivity contribution in [2.45, 2.75) is 27.2 Å². The zero-order valence-electron chi connectivity index (χ0n) is 11.3. The van der Waals surface area contributed by atoms with Gasteiger partial charge in [0.05, 0.1) is 11.6 Å². The molecule has 0 spiro atoms. The summed E-state index contributed by atoms with van der Waals surface area (Å²) in [7, 11) is 1.60. The second-order valence-electron chi connectivity index (χ2n) is 5.05. The number of amides is 1. The molecule has 0 aromatic heterocycles. The maximum Gasteiger partial charge on any atom is 0.251 e. The van der Waals surface area contributed by atoms with Crippen LogP contribution >= 0.6 is 15.9 Å². The highest BCUT2D eigenvalue weighted by molar-refractivity contribution is 9.10. The molecule has 1 aromatic carbocycles. The molecule has 18 heavy (non-hydrogen) atoms. The van der Waals surface area contributed by atoms with Crippen molar-refractivity contribution in [3.8, 4) is 5.75 Å². The van der Waals surface area contributed by atoms with Crippen LogP contribution in [0.2, 0.25) is 0 Å². The average molecular weight is 314 g/mol. The van der Waals surface area contributed by atoms with E-state index in [1.54, 1.807) is 25.3 Å². The first kappa shape index (κ1) is 15.0. The van der Waals surface area contributed by atoms with Gasteiger partial charge in [0.15, 0.2) is 0 Å². The van der Waals surface area contributed by atoms with Crippen molar-refractivity contribution >= 4 is 21.8 Å². The van der Waals surface area contributed by atoms with Gasteiger partial charge in [-0.1, -0.05) is 20.8 Å². The van der Waals surface area contributed by atoms with Gasteiger partial charge in [-0.3, -0.25) is 4.79 Å². The summed E-state index contributed by atoms with van der Waals surface area (Å²) in [6.45, 7) is 7.07. The Labute approximate surface area is 117 Å². The number of hydrogen-bond donors (Lipinski definition) is 1. The standard InChI is InChI=1S/C14H20BrNO2/c1-5-14(2,3)9-16-13(17)10-6-7-12(18-4)11(15)8-10/h6-8H,5,9H2,1-4H3,(H,16,17). The van der Waals surface area contributed by atoms with Crippen LogP contribution in [0.15, 0.2) is 22.7 Å². The number of nitrogens with one attached hydrogen (secondary N) is 1. The lowest BCUT2D eigenvalue weighted by Crippen LogP contribution is -2.33. The van der Waals surface area contributed by atoms with Crippen molar-refractivity contribution in [1.82, 2.24) is 5.32 Å². The van der Waals surface area contributed by atoms with Crippen molar-refractivity contribution in [2.24, 2.45) is 5.41 Å². The third kappa shape index (κ3) is 4.02. The van der Waals surface area contributed by atoms with Gasteiger partial charge in [-0.2, -0.15) is 0 Å². The van der Waals surface area contributed by atoms with Crippen LogP contribution in [0.3, 0.4) is 0 Å². The Morgan fingerprint density at radius 3 is 2.61 bits per heavy atom. The van der Waals surface area contributed by atoms with Crippen molar-refractivity contribution in [3.63, 3.8) is 0 Å². The van der Waals surface area contributed by atoms with Gasteiger partial charge in [-0.25, -0.2) is 0 Å². The summed E-state index contributed by atoms with van der Waals surface area (Å²) >= 11 is 3.37. The molecule has 1 N–H and O–H groups in total. The highest BCUT2D eigenvalue weighted by Gasteiger charge is 2.17. The van der Waals surface area contributed by atoms with E-state index in [0.29, 0.717) is 12.1 Å². The van der Waals surface area contributed by atoms with Gasteiger partial charge >= 0.3 is 0 Å². The van der Waals surface area contributed by atoms with Crippen molar-refractivity contribution in [2.75, 3.05) is 13.7 Å². The molecule has 0 saturated carbocycles. The molecule has 0 aliphatic rings. The molecule has 0 bridgehead atoms. The molecular weight excluding hydrogens is 294 g/mol. The fourth-order valence-corrected chi connectivity index (χ4v) is 1.89. The molecule has 0 radical (unpaired) electrons.